The Labute approximate surface area is 87.6 Å². The first-order valence-electron chi connectivity index (χ1n) is 4.60. The molecule has 0 aliphatic carbocycles. The van der Waals surface area contributed by atoms with Crippen molar-refractivity contribution in [2.24, 2.45) is 0 Å². The van der Waals surface area contributed by atoms with Crippen LogP contribution in [-0.4, -0.2) is 0 Å². The van der Waals surface area contributed by atoms with Gasteiger partial charge in [-0.25, -0.2) is 0 Å². The Kier molecular flexibility index (Phi) is 2.59. The lowest BCUT2D eigenvalue weighted by Crippen LogP contribution is -2.05. The quantitative estimate of drug-likeness (QED) is 0.827. The summed E-state index contributed by atoms with van der Waals surface area (Å²) in [6.07, 6.45) is 1.70. The van der Waals surface area contributed by atoms with Gasteiger partial charge in [0.05, 0.1) is 12.3 Å². The molecule has 3 heteroatoms. The Hall–Kier alpha value is -1.22. The lowest BCUT2D eigenvalue weighted by atomic mass is 10.2. The standard InChI is InChI=1S/C11H13NOS/c1-8-6-14-7-10(8)12-9(2)11-4-3-5-13-11/h3-7,9,12H,1-2H3. The van der Waals surface area contributed by atoms with Crippen LogP contribution in [0.15, 0.2) is 33.6 Å². The maximum absolute atomic E-state index is 5.32. The number of nitrogens with one attached hydrogen (secondary N) is 1. The summed E-state index contributed by atoms with van der Waals surface area (Å²) in [5.74, 6) is 0.968. The van der Waals surface area contributed by atoms with Crippen LogP contribution in [0.2, 0.25) is 0 Å². The van der Waals surface area contributed by atoms with Crippen molar-refractivity contribution >= 4 is 17.0 Å². The zero-order valence-corrected chi connectivity index (χ0v) is 9.10. The summed E-state index contributed by atoms with van der Waals surface area (Å²) in [5.41, 5.74) is 2.48. The van der Waals surface area contributed by atoms with E-state index in [9.17, 15) is 0 Å². The summed E-state index contributed by atoms with van der Waals surface area (Å²) < 4.78 is 5.32. The first-order chi connectivity index (χ1) is 6.77. The summed E-state index contributed by atoms with van der Waals surface area (Å²) in [6, 6.07) is 4.12. The van der Waals surface area contributed by atoms with Gasteiger partial charge in [-0.05, 0) is 36.9 Å². The third-order valence-corrected chi connectivity index (χ3v) is 3.06. The smallest absolute Gasteiger partial charge is 0.125 e. The third kappa shape index (κ3) is 1.82. The minimum absolute atomic E-state index is 0.221. The highest BCUT2D eigenvalue weighted by molar-refractivity contribution is 7.08. The molecule has 14 heavy (non-hydrogen) atoms. The monoisotopic (exact) mass is 207 g/mol. The van der Waals surface area contributed by atoms with Crippen molar-refractivity contribution in [1.29, 1.82) is 0 Å². The molecule has 0 aliphatic heterocycles. The van der Waals surface area contributed by atoms with Crippen LogP contribution >= 0.6 is 11.3 Å². The van der Waals surface area contributed by atoms with Crippen LogP contribution in [0.1, 0.15) is 24.3 Å². The maximum atomic E-state index is 5.32. The first kappa shape index (κ1) is 9.34. The molecule has 2 heterocycles. The Morgan fingerprint density at radius 1 is 1.43 bits per heavy atom. The molecule has 1 unspecified atom stereocenters. The van der Waals surface area contributed by atoms with Crippen molar-refractivity contribution in [2.75, 3.05) is 5.32 Å². The second-order valence-corrected chi connectivity index (χ2v) is 4.09. The highest BCUT2D eigenvalue weighted by Crippen LogP contribution is 2.24. The maximum Gasteiger partial charge on any atom is 0.125 e. The van der Waals surface area contributed by atoms with E-state index in [1.807, 2.05) is 12.1 Å². The molecule has 1 N–H and O–H groups in total. The van der Waals surface area contributed by atoms with E-state index >= 15 is 0 Å². The molecule has 0 saturated carbocycles. The molecule has 0 spiro atoms. The Balaban J connectivity index is 2.09. The fraction of sp³-hybridized carbons (Fsp3) is 0.273. The molecule has 0 saturated heterocycles. The fourth-order valence-electron chi connectivity index (χ4n) is 1.35. The van der Waals surface area contributed by atoms with Gasteiger partial charge in [0.15, 0.2) is 0 Å². The number of furan rings is 1. The van der Waals surface area contributed by atoms with Gasteiger partial charge in [0.2, 0.25) is 0 Å². The van der Waals surface area contributed by atoms with Gasteiger partial charge >= 0.3 is 0 Å². The average molecular weight is 207 g/mol. The molecule has 0 aromatic carbocycles. The van der Waals surface area contributed by atoms with E-state index in [1.165, 1.54) is 11.3 Å². The molecule has 0 aliphatic rings. The highest BCUT2D eigenvalue weighted by atomic mass is 32.1. The van der Waals surface area contributed by atoms with E-state index in [4.69, 9.17) is 4.42 Å². The largest absolute Gasteiger partial charge is 0.467 e. The SMILES string of the molecule is Cc1cscc1NC(C)c1ccco1. The Morgan fingerprint density at radius 2 is 2.29 bits per heavy atom. The van der Waals surface area contributed by atoms with Crippen LogP contribution < -0.4 is 5.32 Å². The molecule has 74 valence electrons. The van der Waals surface area contributed by atoms with Crippen molar-refractivity contribution in [3.05, 3.63) is 40.5 Å². The summed E-state index contributed by atoms with van der Waals surface area (Å²) >= 11 is 1.71. The van der Waals surface area contributed by atoms with E-state index in [1.54, 1.807) is 17.6 Å². The van der Waals surface area contributed by atoms with Gasteiger partial charge in [0, 0.05) is 11.1 Å². The minimum atomic E-state index is 0.221. The minimum Gasteiger partial charge on any atom is -0.467 e. The van der Waals surface area contributed by atoms with Crippen molar-refractivity contribution in [3.63, 3.8) is 0 Å². The predicted octanol–water partition coefficient (Wildman–Crippen LogP) is 3.82. The summed E-state index contributed by atoms with van der Waals surface area (Å²) in [5, 5.41) is 7.67. The number of hydrogen-bond donors (Lipinski definition) is 1. The number of aryl methyl sites for hydroxylation is 1. The summed E-state index contributed by atoms with van der Waals surface area (Å²) in [4.78, 5) is 0. The van der Waals surface area contributed by atoms with Crippen molar-refractivity contribution < 1.29 is 4.42 Å². The fourth-order valence-corrected chi connectivity index (χ4v) is 2.14. The molecule has 0 amide bonds. The van der Waals surface area contributed by atoms with Crippen LogP contribution in [-0.2, 0) is 0 Å². The van der Waals surface area contributed by atoms with Crippen LogP contribution in [0.3, 0.4) is 0 Å². The Bertz CT molecular complexity index is 391. The van der Waals surface area contributed by atoms with Gasteiger partial charge in [0.1, 0.15) is 5.76 Å². The number of rotatable bonds is 3. The normalized spacial score (nSPS) is 12.7. The topological polar surface area (TPSA) is 25.2 Å². The number of anilines is 1. The zero-order chi connectivity index (χ0) is 9.97. The highest BCUT2D eigenvalue weighted by Gasteiger charge is 2.09. The lowest BCUT2D eigenvalue weighted by Gasteiger charge is -2.12. The summed E-state index contributed by atoms with van der Waals surface area (Å²) in [6.45, 7) is 4.20. The van der Waals surface area contributed by atoms with Crippen molar-refractivity contribution in [1.82, 2.24) is 0 Å². The molecule has 0 fully saturated rings. The van der Waals surface area contributed by atoms with Gasteiger partial charge in [-0.1, -0.05) is 0 Å². The van der Waals surface area contributed by atoms with Gasteiger partial charge in [0.25, 0.3) is 0 Å². The second kappa shape index (κ2) is 3.88. The number of hydrogen-bond acceptors (Lipinski definition) is 3. The van der Waals surface area contributed by atoms with Crippen molar-refractivity contribution in [3.8, 4) is 0 Å². The first-order valence-corrected chi connectivity index (χ1v) is 5.54. The third-order valence-electron chi connectivity index (χ3n) is 2.20. The molecule has 0 radical (unpaired) electrons. The van der Waals surface area contributed by atoms with Crippen LogP contribution in [0.4, 0.5) is 5.69 Å². The molecule has 2 rings (SSSR count). The molecule has 2 nitrogen and oxygen atoms in total. The van der Waals surface area contributed by atoms with Crippen LogP contribution in [0, 0.1) is 6.92 Å². The Morgan fingerprint density at radius 3 is 2.86 bits per heavy atom. The van der Waals surface area contributed by atoms with Gasteiger partial charge in [-0.15, -0.1) is 11.3 Å². The van der Waals surface area contributed by atoms with E-state index in [0.29, 0.717) is 0 Å². The van der Waals surface area contributed by atoms with E-state index in [-0.39, 0.29) is 6.04 Å². The number of thiophene rings is 1. The second-order valence-electron chi connectivity index (χ2n) is 3.35. The molecule has 1 atom stereocenters. The van der Waals surface area contributed by atoms with Gasteiger partial charge in [-0.3, -0.25) is 0 Å². The van der Waals surface area contributed by atoms with E-state index in [2.05, 4.69) is 29.9 Å². The van der Waals surface area contributed by atoms with Crippen LogP contribution in [0.25, 0.3) is 0 Å². The van der Waals surface area contributed by atoms with Crippen molar-refractivity contribution in [2.45, 2.75) is 19.9 Å². The molecular weight excluding hydrogens is 194 g/mol. The zero-order valence-electron chi connectivity index (χ0n) is 8.28. The predicted molar refractivity (Wildman–Crippen MR) is 59.8 cm³/mol. The molecular formula is C11H13NOS. The molecule has 2 aromatic heterocycles. The average Bonchev–Trinajstić information content (AvgIpc) is 2.77. The van der Waals surface area contributed by atoms with Crippen LogP contribution in [0.5, 0.6) is 0 Å². The lowest BCUT2D eigenvalue weighted by molar-refractivity contribution is 0.490. The summed E-state index contributed by atoms with van der Waals surface area (Å²) in [7, 11) is 0. The molecule has 0 bridgehead atoms. The van der Waals surface area contributed by atoms with Gasteiger partial charge in [-0.2, -0.15) is 0 Å². The molecule has 2 aromatic rings. The van der Waals surface area contributed by atoms with E-state index in [0.717, 1.165) is 5.76 Å². The van der Waals surface area contributed by atoms with E-state index < -0.39 is 0 Å². The van der Waals surface area contributed by atoms with Gasteiger partial charge < -0.3 is 9.73 Å².